The van der Waals surface area contributed by atoms with Crippen molar-refractivity contribution in [1.29, 1.82) is 0 Å². The molecule has 1 saturated heterocycles. The first-order chi connectivity index (χ1) is 8.06. The number of ether oxygens (including phenoxy) is 1. The third-order valence-corrected chi connectivity index (χ3v) is 3.17. The first-order valence-corrected chi connectivity index (χ1v) is 6.70. The van der Waals surface area contributed by atoms with E-state index in [4.69, 9.17) is 10.5 Å². The van der Waals surface area contributed by atoms with Gasteiger partial charge >= 0.3 is 0 Å². The first kappa shape index (κ1) is 14.5. The van der Waals surface area contributed by atoms with Gasteiger partial charge in [0, 0.05) is 6.54 Å². The number of hydrogen-bond acceptors (Lipinski definition) is 3. The van der Waals surface area contributed by atoms with Crippen molar-refractivity contribution in [2.45, 2.75) is 52.1 Å². The van der Waals surface area contributed by atoms with Crippen LogP contribution in [0, 0.1) is 5.92 Å². The third kappa shape index (κ3) is 4.28. The first-order valence-electron chi connectivity index (χ1n) is 6.70. The number of amides is 1. The van der Waals surface area contributed by atoms with E-state index in [0.717, 1.165) is 19.3 Å². The van der Waals surface area contributed by atoms with Gasteiger partial charge in [-0.25, -0.2) is 0 Å². The minimum absolute atomic E-state index is 0.0980. The van der Waals surface area contributed by atoms with E-state index in [1.165, 1.54) is 0 Å². The largest absolute Gasteiger partial charge is 0.377 e. The van der Waals surface area contributed by atoms with Gasteiger partial charge in [-0.3, -0.25) is 4.79 Å². The second-order valence-electron chi connectivity index (χ2n) is 5.29. The number of hydrogen-bond donors (Lipinski definition) is 1. The van der Waals surface area contributed by atoms with Crippen LogP contribution < -0.4 is 5.73 Å². The lowest BCUT2D eigenvalue weighted by Gasteiger charge is -2.38. The lowest BCUT2D eigenvalue weighted by molar-refractivity contribution is -0.142. The van der Waals surface area contributed by atoms with Crippen LogP contribution >= 0.6 is 0 Å². The lowest BCUT2D eigenvalue weighted by atomic mass is 10.0. The van der Waals surface area contributed by atoms with Crippen LogP contribution in [0.25, 0.3) is 0 Å². The zero-order valence-corrected chi connectivity index (χ0v) is 11.3. The topological polar surface area (TPSA) is 55.6 Å². The summed E-state index contributed by atoms with van der Waals surface area (Å²) in [6.07, 6.45) is 2.71. The number of nitrogens with zero attached hydrogens (tertiary/aromatic N) is 1. The van der Waals surface area contributed by atoms with Crippen molar-refractivity contribution in [3.63, 3.8) is 0 Å². The van der Waals surface area contributed by atoms with E-state index >= 15 is 0 Å². The van der Waals surface area contributed by atoms with Crippen LogP contribution in [0.4, 0.5) is 0 Å². The summed E-state index contributed by atoms with van der Waals surface area (Å²) >= 11 is 0. The molecule has 0 aromatic rings. The Morgan fingerprint density at radius 1 is 1.53 bits per heavy atom. The minimum Gasteiger partial charge on any atom is -0.377 e. The summed E-state index contributed by atoms with van der Waals surface area (Å²) in [6.45, 7) is 8.38. The number of rotatable bonds is 5. The van der Waals surface area contributed by atoms with Crippen LogP contribution in [0.3, 0.4) is 0 Å². The maximum atomic E-state index is 12.2. The smallest absolute Gasteiger partial charge is 0.239 e. The Balaban J connectivity index is 2.60. The summed E-state index contributed by atoms with van der Waals surface area (Å²) in [5.74, 6) is 0.667. The summed E-state index contributed by atoms with van der Waals surface area (Å²) in [5.41, 5.74) is 5.92. The molecule has 0 radical (unpaired) electrons. The van der Waals surface area contributed by atoms with Gasteiger partial charge in [-0.15, -0.1) is 0 Å². The highest BCUT2D eigenvalue weighted by molar-refractivity contribution is 5.82. The molecule has 1 aliphatic heterocycles. The molecule has 1 fully saturated rings. The zero-order chi connectivity index (χ0) is 12.8. The molecule has 1 heterocycles. The van der Waals surface area contributed by atoms with E-state index in [-0.39, 0.29) is 18.0 Å². The molecule has 4 nitrogen and oxygen atoms in total. The quantitative estimate of drug-likeness (QED) is 0.792. The van der Waals surface area contributed by atoms with Gasteiger partial charge in [-0.05, 0) is 18.8 Å². The lowest BCUT2D eigenvalue weighted by Crippen LogP contribution is -2.54. The fourth-order valence-electron chi connectivity index (χ4n) is 2.33. The minimum atomic E-state index is -0.340. The van der Waals surface area contributed by atoms with E-state index in [9.17, 15) is 4.79 Å². The van der Waals surface area contributed by atoms with Crippen molar-refractivity contribution in [2.24, 2.45) is 11.7 Å². The Hall–Kier alpha value is -0.610. The summed E-state index contributed by atoms with van der Waals surface area (Å²) in [6, 6.07) is -0.132. The number of carbonyl (C=O) groups is 1. The second kappa shape index (κ2) is 6.97. The molecule has 1 amide bonds. The van der Waals surface area contributed by atoms with E-state index < -0.39 is 0 Å². The molecule has 100 valence electrons. The van der Waals surface area contributed by atoms with E-state index in [1.807, 2.05) is 4.90 Å². The normalized spacial score (nSPS) is 22.9. The van der Waals surface area contributed by atoms with E-state index in [2.05, 4.69) is 20.8 Å². The van der Waals surface area contributed by atoms with E-state index in [1.54, 1.807) is 0 Å². The van der Waals surface area contributed by atoms with Crippen LogP contribution in [0.1, 0.15) is 40.0 Å². The molecule has 17 heavy (non-hydrogen) atoms. The van der Waals surface area contributed by atoms with Crippen molar-refractivity contribution in [1.82, 2.24) is 4.90 Å². The predicted molar refractivity (Wildman–Crippen MR) is 68.7 cm³/mol. The summed E-state index contributed by atoms with van der Waals surface area (Å²) in [4.78, 5) is 14.2. The van der Waals surface area contributed by atoms with Crippen molar-refractivity contribution in [2.75, 3.05) is 19.8 Å². The van der Waals surface area contributed by atoms with Gasteiger partial charge in [-0.1, -0.05) is 27.2 Å². The molecule has 2 atom stereocenters. The summed E-state index contributed by atoms with van der Waals surface area (Å²) in [5, 5.41) is 0. The Morgan fingerprint density at radius 3 is 2.82 bits per heavy atom. The molecule has 0 aliphatic carbocycles. The molecular weight excluding hydrogens is 216 g/mol. The molecule has 1 rings (SSSR count). The highest BCUT2D eigenvalue weighted by Gasteiger charge is 2.30. The highest BCUT2D eigenvalue weighted by Crippen LogP contribution is 2.17. The Bertz CT molecular complexity index is 244. The highest BCUT2D eigenvalue weighted by atomic mass is 16.5. The Morgan fingerprint density at radius 2 is 2.24 bits per heavy atom. The Labute approximate surface area is 104 Å². The number of nitrogens with two attached hydrogens (primary N) is 1. The van der Waals surface area contributed by atoms with Gasteiger partial charge in [-0.2, -0.15) is 0 Å². The van der Waals surface area contributed by atoms with Crippen molar-refractivity contribution >= 4 is 5.91 Å². The third-order valence-electron chi connectivity index (χ3n) is 3.17. The second-order valence-corrected chi connectivity index (χ2v) is 5.29. The van der Waals surface area contributed by atoms with Crippen LogP contribution in [0.2, 0.25) is 0 Å². The fourth-order valence-corrected chi connectivity index (χ4v) is 2.33. The van der Waals surface area contributed by atoms with Crippen molar-refractivity contribution < 1.29 is 9.53 Å². The molecular formula is C13H26N2O2. The zero-order valence-electron chi connectivity index (χ0n) is 11.3. The predicted octanol–water partition coefficient (Wildman–Crippen LogP) is 1.39. The molecule has 0 aromatic carbocycles. The average molecular weight is 242 g/mol. The fraction of sp³-hybridized carbons (Fsp3) is 0.923. The molecule has 0 bridgehead atoms. The van der Waals surface area contributed by atoms with Crippen molar-refractivity contribution in [3.8, 4) is 0 Å². The van der Waals surface area contributed by atoms with Gasteiger partial charge in [0.15, 0.2) is 0 Å². The van der Waals surface area contributed by atoms with Gasteiger partial charge in [0.25, 0.3) is 0 Å². The SMILES string of the molecule is CCCC(N)C(=O)N1CCOCC1CC(C)C. The summed E-state index contributed by atoms with van der Waals surface area (Å²) < 4.78 is 5.47. The van der Waals surface area contributed by atoms with Crippen LogP contribution in [0.5, 0.6) is 0 Å². The van der Waals surface area contributed by atoms with Crippen LogP contribution in [-0.2, 0) is 9.53 Å². The molecule has 0 saturated carbocycles. The molecule has 2 unspecified atom stereocenters. The van der Waals surface area contributed by atoms with Crippen LogP contribution in [0.15, 0.2) is 0 Å². The van der Waals surface area contributed by atoms with Gasteiger partial charge in [0.1, 0.15) is 0 Å². The molecule has 2 N–H and O–H groups in total. The monoisotopic (exact) mass is 242 g/mol. The van der Waals surface area contributed by atoms with Gasteiger partial charge in [0.05, 0.1) is 25.3 Å². The molecule has 0 aromatic heterocycles. The van der Waals surface area contributed by atoms with E-state index in [0.29, 0.717) is 25.7 Å². The van der Waals surface area contributed by atoms with Gasteiger partial charge < -0.3 is 15.4 Å². The Kier molecular flexibility index (Phi) is 5.92. The van der Waals surface area contributed by atoms with Crippen molar-refractivity contribution in [3.05, 3.63) is 0 Å². The maximum absolute atomic E-state index is 12.2. The van der Waals surface area contributed by atoms with Gasteiger partial charge in [0.2, 0.25) is 5.91 Å². The number of morpholine rings is 1. The van der Waals surface area contributed by atoms with Crippen LogP contribution in [-0.4, -0.2) is 42.6 Å². The molecule has 1 aliphatic rings. The average Bonchev–Trinajstić information content (AvgIpc) is 2.28. The molecule has 4 heteroatoms. The maximum Gasteiger partial charge on any atom is 0.239 e. The number of carbonyl (C=O) groups excluding carboxylic acids is 1. The standard InChI is InChI=1S/C13H26N2O2/c1-4-5-12(14)13(16)15-6-7-17-9-11(15)8-10(2)3/h10-12H,4-9,14H2,1-3H3. The summed E-state index contributed by atoms with van der Waals surface area (Å²) in [7, 11) is 0. The molecule has 0 spiro atoms.